The molecule has 98 valence electrons. The summed E-state index contributed by atoms with van der Waals surface area (Å²) in [4.78, 5) is 8.82. The highest BCUT2D eigenvalue weighted by Gasteiger charge is 2.22. The van der Waals surface area contributed by atoms with E-state index in [-0.39, 0.29) is 0 Å². The second-order valence-corrected chi connectivity index (χ2v) is 4.61. The van der Waals surface area contributed by atoms with Gasteiger partial charge in [-0.1, -0.05) is 12.1 Å². The van der Waals surface area contributed by atoms with Gasteiger partial charge in [-0.2, -0.15) is 0 Å². The normalized spacial score (nSPS) is 14.2. The molecule has 3 rings (SSSR count). The van der Waals surface area contributed by atoms with Crippen molar-refractivity contribution in [3.05, 3.63) is 36.5 Å². The Labute approximate surface area is 112 Å². The first-order valence-electron chi connectivity index (χ1n) is 6.68. The lowest BCUT2D eigenvalue weighted by molar-refractivity contribution is 0.341. The molecule has 0 saturated heterocycles. The van der Waals surface area contributed by atoms with Crippen molar-refractivity contribution in [1.82, 2.24) is 9.97 Å². The highest BCUT2D eigenvalue weighted by Crippen LogP contribution is 2.29. The molecule has 0 radical (unpaired) electrons. The number of benzene rings is 1. The maximum Gasteiger partial charge on any atom is 0.223 e. The standard InChI is InChI=1S/C15H17N3O/c1-2-19-14-6-4-3-5-12(14)13-9-10-16-15(18-13)17-11-7-8-11/h3-6,9-11H,2,7-8H2,1H3,(H,16,17,18). The van der Waals surface area contributed by atoms with Crippen LogP contribution in [0.15, 0.2) is 36.5 Å². The number of rotatable bonds is 5. The maximum atomic E-state index is 5.64. The number of hydrogen-bond donors (Lipinski definition) is 1. The van der Waals surface area contributed by atoms with E-state index in [1.807, 2.05) is 37.3 Å². The summed E-state index contributed by atoms with van der Waals surface area (Å²) in [6.07, 6.45) is 4.21. The third-order valence-electron chi connectivity index (χ3n) is 3.03. The minimum Gasteiger partial charge on any atom is -0.493 e. The maximum absolute atomic E-state index is 5.64. The van der Waals surface area contributed by atoms with Crippen molar-refractivity contribution < 1.29 is 4.74 Å². The molecule has 19 heavy (non-hydrogen) atoms. The number of para-hydroxylation sites is 1. The SMILES string of the molecule is CCOc1ccccc1-c1ccnc(NC2CC2)n1. The van der Waals surface area contributed by atoms with E-state index in [1.165, 1.54) is 12.8 Å². The molecule has 1 aromatic carbocycles. The topological polar surface area (TPSA) is 47.0 Å². The third-order valence-corrected chi connectivity index (χ3v) is 3.03. The molecule has 0 spiro atoms. The van der Waals surface area contributed by atoms with Crippen LogP contribution in [0.4, 0.5) is 5.95 Å². The number of nitrogens with one attached hydrogen (secondary N) is 1. The lowest BCUT2D eigenvalue weighted by Gasteiger charge is -2.10. The number of hydrogen-bond acceptors (Lipinski definition) is 4. The van der Waals surface area contributed by atoms with E-state index >= 15 is 0 Å². The molecule has 0 atom stereocenters. The van der Waals surface area contributed by atoms with Gasteiger partial charge in [-0.15, -0.1) is 0 Å². The highest BCUT2D eigenvalue weighted by molar-refractivity contribution is 5.67. The minimum atomic E-state index is 0.553. The minimum absolute atomic E-state index is 0.553. The quantitative estimate of drug-likeness (QED) is 0.891. The Morgan fingerprint density at radius 3 is 2.89 bits per heavy atom. The van der Waals surface area contributed by atoms with Gasteiger partial charge >= 0.3 is 0 Å². The van der Waals surface area contributed by atoms with Crippen LogP contribution in [0.25, 0.3) is 11.3 Å². The molecule has 1 aromatic heterocycles. The van der Waals surface area contributed by atoms with Gasteiger partial charge in [-0.3, -0.25) is 0 Å². The van der Waals surface area contributed by atoms with Crippen molar-refractivity contribution in [2.75, 3.05) is 11.9 Å². The monoisotopic (exact) mass is 255 g/mol. The van der Waals surface area contributed by atoms with Gasteiger partial charge in [0.1, 0.15) is 5.75 Å². The van der Waals surface area contributed by atoms with Crippen LogP contribution in [0, 0.1) is 0 Å². The molecule has 0 bridgehead atoms. The Balaban J connectivity index is 1.91. The molecule has 0 unspecified atom stereocenters. The Morgan fingerprint density at radius 1 is 1.26 bits per heavy atom. The van der Waals surface area contributed by atoms with Crippen LogP contribution in [0.2, 0.25) is 0 Å². The van der Waals surface area contributed by atoms with Gasteiger partial charge in [0.15, 0.2) is 0 Å². The van der Waals surface area contributed by atoms with Crippen molar-refractivity contribution in [1.29, 1.82) is 0 Å². The number of ether oxygens (including phenoxy) is 1. The molecule has 1 N–H and O–H groups in total. The lowest BCUT2D eigenvalue weighted by Crippen LogP contribution is -2.05. The second kappa shape index (κ2) is 5.26. The van der Waals surface area contributed by atoms with Crippen LogP contribution < -0.4 is 10.1 Å². The molecular weight excluding hydrogens is 238 g/mol. The van der Waals surface area contributed by atoms with Crippen molar-refractivity contribution >= 4 is 5.95 Å². The fraction of sp³-hybridized carbons (Fsp3) is 0.333. The summed E-state index contributed by atoms with van der Waals surface area (Å²) in [5.41, 5.74) is 1.90. The zero-order valence-corrected chi connectivity index (χ0v) is 11.0. The van der Waals surface area contributed by atoms with E-state index in [1.54, 1.807) is 6.20 Å². The van der Waals surface area contributed by atoms with Crippen LogP contribution in [0.3, 0.4) is 0 Å². The fourth-order valence-electron chi connectivity index (χ4n) is 1.95. The summed E-state index contributed by atoms with van der Waals surface area (Å²) >= 11 is 0. The molecule has 0 aliphatic heterocycles. The van der Waals surface area contributed by atoms with E-state index in [9.17, 15) is 0 Å². The van der Waals surface area contributed by atoms with Crippen LogP contribution in [0.5, 0.6) is 5.75 Å². The Morgan fingerprint density at radius 2 is 2.11 bits per heavy atom. The van der Waals surface area contributed by atoms with Gasteiger partial charge in [0, 0.05) is 17.8 Å². The van der Waals surface area contributed by atoms with Crippen LogP contribution in [-0.4, -0.2) is 22.6 Å². The van der Waals surface area contributed by atoms with Crippen molar-refractivity contribution in [3.8, 4) is 17.0 Å². The van der Waals surface area contributed by atoms with Crippen molar-refractivity contribution in [2.45, 2.75) is 25.8 Å². The summed E-state index contributed by atoms with van der Waals surface area (Å²) in [5, 5.41) is 3.31. The van der Waals surface area contributed by atoms with Gasteiger partial charge in [0.2, 0.25) is 5.95 Å². The molecule has 0 amide bonds. The summed E-state index contributed by atoms with van der Waals surface area (Å²) in [6.45, 7) is 2.63. The first-order chi connectivity index (χ1) is 9.36. The van der Waals surface area contributed by atoms with E-state index in [4.69, 9.17) is 4.74 Å². The smallest absolute Gasteiger partial charge is 0.223 e. The molecule has 1 aliphatic carbocycles. The summed E-state index contributed by atoms with van der Waals surface area (Å²) in [6, 6.07) is 10.4. The first-order valence-corrected chi connectivity index (χ1v) is 6.68. The number of nitrogens with zero attached hydrogens (tertiary/aromatic N) is 2. The molecule has 1 saturated carbocycles. The average Bonchev–Trinajstić information content (AvgIpc) is 3.24. The molecular formula is C15H17N3O. The van der Waals surface area contributed by atoms with Gasteiger partial charge in [-0.05, 0) is 38.0 Å². The summed E-state index contributed by atoms with van der Waals surface area (Å²) in [5.74, 6) is 1.56. The Hall–Kier alpha value is -2.10. The van der Waals surface area contributed by atoms with Crippen molar-refractivity contribution in [2.24, 2.45) is 0 Å². The van der Waals surface area contributed by atoms with Gasteiger partial charge < -0.3 is 10.1 Å². The van der Waals surface area contributed by atoms with E-state index in [0.717, 1.165) is 17.0 Å². The highest BCUT2D eigenvalue weighted by atomic mass is 16.5. The molecule has 1 fully saturated rings. The predicted octanol–water partition coefficient (Wildman–Crippen LogP) is 3.12. The van der Waals surface area contributed by atoms with E-state index in [2.05, 4.69) is 15.3 Å². The predicted molar refractivity (Wildman–Crippen MR) is 75.3 cm³/mol. The molecule has 4 nitrogen and oxygen atoms in total. The van der Waals surface area contributed by atoms with Crippen LogP contribution in [0.1, 0.15) is 19.8 Å². The number of anilines is 1. The summed E-state index contributed by atoms with van der Waals surface area (Å²) in [7, 11) is 0. The average molecular weight is 255 g/mol. The van der Waals surface area contributed by atoms with Crippen molar-refractivity contribution in [3.63, 3.8) is 0 Å². The molecule has 1 heterocycles. The van der Waals surface area contributed by atoms with E-state index < -0.39 is 0 Å². The first kappa shape index (κ1) is 12.0. The molecule has 4 heteroatoms. The Kier molecular flexibility index (Phi) is 3.31. The largest absolute Gasteiger partial charge is 0.493 e. The molecule has 1 aliphatic rings. The van der Waals surface area contributed by atoms with Crippen LogP contribution >= 0.6 is 0 Å². The fourth-order valence-corrected chi connectivity index (χ4v) is 1.95. The zero-order chi connectivity index (χ0) is 13.1. The van der Waals surface area contributed by atoms with E-state index in [0.29, 0.717) is 18.6 Å². The second-order valence-electron chi connectivity index (χ2n) is 4.61. The van der Waals surface area contributed by atoms with Gasteiger partial charge in [0.25, 0.3) is 0 Å². The lowest BCUT2D eigenvalue weighted by atomic mass is 10.1. The Bertz CT molecular complexity index is 567. The number of aromatic nitrogens is 2. The van der Waals surface area contributed by atoms with Gasteiger partial charge in [-0.25, -0.2) is 9.97 Å². The van der Waals surface area contributed by atoms with Gasteiger partial charge in [0.05, 0.1) is 12.3 Å². The van der Waals surface area contributed by atoms with Crippen LogP contribution in [-0.2, 0) is 0 Å². The third kappa shape index (κ3) is 2.84. The molecule has 2 aromatic rings. The summed E-state index contributed by atoms with van der Waals surface area (Å²) < 4.78 is 5.64. The zero-order valence-electron chi connectivity index (χ0n) is 11.0.